The van der Waals surface area contributed by atoms with Gasteiger partial charge in [0.1, 0.15) is 11.4 Å². The number of nitrogens with one attached hydrogen (secondary N) is 1. The molecular weight excluding hydrogens is 337 g/mol. The number of carbonyl (C=O) groups is 1. The Morgan fingerprint density at radius 1 is 1.32 bits per heavy atom. The van der Waals surface area contributed by atoms with Gasteiger partial charge in [0, 0.05) is 29.8 Å². The van der Waals surface area contributed by atoms with Crippen molar-refractivity contribution in [2.45, 2.75) is 18.5 Å². The normalized spacial score (nSPS) is 16.7. The minimum Gasteiger partial charge on any atom is -0.493 e. The third-order valence-electron chi connectivity index (χ3n) is 4.06. The van der Waals surface area contributed by atoms with E-state index in [4.69, 9.17) is 9.84 Å². The lowest BCUT2D eigenvalue weighted by atomic mass is 9.90. The van der Waals surface area contributed by atoms with Crippen LogP contribution < -0.4 is 10.1 Å². The van der Waals surface area contributed by atoms with Gasteiger partial charge in [-0.15, -0.1) is 0 Å². The van der Waals surface area contributed by atoms with E-state index in [2.05, 4.69) is 10.3 Å². The van der Waals surface area contributed by atoms with Crippen LogP contribution in [0.2, 0.25) is 0 Å². The van der Waals surface area contributed by atoms with Crippen molar-refractivity contribution < 1.29 is 27.8 Å². The standard InChI is InChI=1S/C17H15F3N2O3/c18-17(19,20)14-5-4-10(8-21-14)12-2-1-3-13-11(9-22-16(23)24)6-7-25-15(12)13/h1-5,8,11,22H,6-7,9H2,(H,23,24)/t11-/m0/s1. The second-order valence-electron chi connectivity index (χ2n) is 5.67. The minimum absolute atomic E-state index is 0.0535. The molecule has 0 aliphatic carbocycles. The van der Waals surface area contributed by atoms with Crippen LogP contribution in [0.3, 0.4) is 0 Å². The number of hydrogen-bond donors (Lipinski definition) is 2. The molecule has 0 unspecified atom stereocenters. The second-order valence-corrected chi connectivity index (χ2v) is 5.67. The molecule has 0 saturated heterocycles. The highest BCUT2D eigenvalue weighted by Crippen LogP contribution is 2.41. The predicted molar refractivity (Wildman–Crippen MR) is 83.6 cm³/mol. The summed E-state index contributed by atoms with van der Waals surface area (Å²) in [7, 11) is 0. The summed E-state index contributed by atoms with van der Waals surface area (Å²) in [5, 5.41) is 11.1. The Bertz CT molecular complexity index is 776. The molecule has 8 heteroatoms. The van der Waals surface area contributed by atoms with Crippen molar-refractivity contribution in [1.29, 1.82) is 0 Å². The number of nitrogens with zero attached hydrogens (tertiary/aromatic N) is 1. The van der Waals surface area contributed by atoms with Crippen LogP contribution in [0.4, 0.5) is 18.0 Å². The number of aromatic nitrogens is 1. The number of fused-ring (bicyclic) bond motifs is 1. The van der Waals surface area contributed by atoms with Crippen LogP contribution in [-0.2, 0) is 6.18 Å². The average molecular weight is 352 g/mol. The lowest BCUT2D eigenvalue weighted by Gasteiger charge is -2.27. The monoisotopic (exact) mass is 352 g/mol. The molecule has 1 atom stereocenters. The number of carboxylic acid groups (broad SMARTS) is 1. The Morgan fingerprint density at radius 3 is 2.76 bits per heavy atom. The number of hydrogen-bond acceptors (Lipinski definition) is 3. The molecule has 0 saturated carbocycles. The Morgan fingerprint density at radius 2 is 2.12 bits per heavy atom. The first-order chi connectivity index (χ1) is 11.9. The molecule has 0 fully saturated rings. The number of rotatable bonds is 3. The Hall–Kier alpha value is -2.77. The van der Waals surface area contributed by atoms with Crippen molar-refractivity contribution in [1.82, 2.24) is 10.3 Å². The molecule has 2 N–H and O–H groups in total. The first-order valence-corrected chi connectivity index (χ1v) is 7.62. The zero-order valence-electron chi connectivity index (χ0n) is 13.0. The van der Waals surface area contributed by atoms with E-state index in [1.54, 1.807) is 12.1 Å². The van der Waals surface area contributed by atoms with Gasteiger partial charge in [-0.05, 0) is 18.1 Å². The maximum absolute atomic E-state index is 12.7. The summed E-state index contributed by atoms with van der Waals surface area (Å²) in [6.07, 6.45) is -3.77. The molecule has 0 radical (unpaired) electrons. The van der Waals surface area contributed by atoms with Gasteiger partial charge in [0.2, 0.25) is 0 Å². The fourth-order valence-electron chi connectivity index (χ4n) is 2.87. The largest absolute Gasteiger partial charge is 0.493 e. The highest BCUT2D eigenvalue weighted by molar-refractivity contribution is 5.72. The average Bonchev–Trinajstić information content (AvgIpc) is 2.58. The molecule has 1 amide bonds. The number of ether oxygens (including phenoxy) is 1. The zero-order chi connectivity index (χ0) is 18.0. The van der Waals surface area contributed by atoms with Crippen LogP contribution in [-0.4, -0.2) is 29.3 Å². The van der Waals surface area contributed by atoms with E-state index in [1.807, 2.05) is 6.07 Å². The number of benzene rings is 1. The lowest BCUT2D eigenvalue weighted by Crippen LogP contribution is -2.29. The van der Waals surface area contributed by atoms with Crippen LogP contribution in [0.25, 0.3) is 11.1 Å². The minimum atomic E-state index is -4.49. The first-order valence-electron chi connectivity index (χ1n) is 7.62. The third kappa shape index (κ3) is 3.67. The van der Waals surface area contributed by atoms with Gasteiger partial charge in [-0.3, -0.25) is 4.98 Å². The van der Waals surface area contributed by atoms with Crippen molar-refractivity contribution in [3.05, 3.63) is 47.8 Å². The molecule has 2 heterocycles. The molecule has 0 bridgehead atoms. The number of alkyl halides is 3. The molecular formula is C17H15F3N2O3. The first kappa shape index (κ1) is 17.1. The van der Waals surface area contributed by atoms with Crippen LogP contribution >= 0.6 is 0 Å². The van der Waals surface area contributed by atoms with Gasteiger partial charge in [0.25, 0.3) is 0 Å². The number of pyridine rings is 1. The van der Waals surface area contributed by atoms with Gasteiger partial charge in [0.05, 0.1) is 6.61 Å². The Labute approximate surface area is 141 Å². The topological polar surface area (TPSA) is 71.5 Å². The molecule has 1 aromatic carbocycles. The SMILES string of the molecule is O=C(O)NC[C@@H]1CCOc2c(-c3ccc(C(F)(F)F)nc3)cccc21. The molecule has 1 aliphatic rings. The van der Waals surface area contributed by atoms with E-state index in [0.29, 0.717) is 29.9 Å². The third-order valence-corrected chi connectivity index (χ3v) is 4.06. The fourth-order valence-corrected chi connectivity index (χ4v) is 2.87. The van der Waals surface area contributed by atoms with Crippen molar-refractivity contribution in [3.63, 3.8) is 0 Å². The van der Waals surface area contributed by atoms with Crippen LogP contribution in [0, 0.1) is 0 Å². The van der Waals surface area contributed by atoms with E-state index in [0.717, 1.165) is 11.6 Å². The summed E-state index contributed by atoms with van der Waals surface area (Å²) in [6, 6.07) is 7.64. The number of para-hydroxylation sites is 1. The van der Waals surface area contributed by atoms with E-state index < -0.39 is 18.0 Å². The predicted octanol–water partition coefficient (Wildman–Crippen LogP) is 3.90. The fraction of sp³-hybridized carbons (Fsp3) is 0.294. The smallest absolute Gasteiger partial charge is 0.433 e. The van der Waals surface area contributed by atoms with Gasteiger partial charge in [0.15, 0.2) is 0 Å². The number of halogens is 3. The molecule has 2 aromatic rings. The molecule has 25 heavy (non-hydrogen) atoms. The quantitative estimate of drug-likeness (QED) is 0.879. The van der Waals surface area contributed by atoms with Crippen molar-refractivity contribution in [2.75, 3.05) is 13.2 Å². The van der Waals surface area contributed by atoms with Gasteiger partial charge in [-0.2, -0.15) is 13.2 Å². The summed E-state index contributed by atoms with van der Waals surface area (Å²) in [5.41, 5.74) is 1.03. The van der Waals surface area contributed by atoms with E-state index in [1.165, 1.54) is 12.3 Å². The van der Waals surface area contributed by atoms with E-state index >= 15 is 0 Å². The molecule has 3 rings (SSSR count). The molecule has 1 aliphatic heterocycles. The van der Waals surface area contributed by atoms with Crippen molar-refractivity contribution >= 4 is 6.09 Å². The molecule has 1 aromatic heterocycles. The Kier molecular flexibility index (Phi) is 4.52. The van der Waals surface area contributed by atoms with Crippen LogP contribution in [0.5, 0.6) is 5.75 Å². The van der Waals surface area contributed by atoms with Crippen LogP contribution in [0.15, 0.2) is 36.5 Å². The van der Waals surface area contributed by atoms with Gasteiger partial charge < -0.3 is 15.2 Å². The highest BCUT2D eigenvalue weighted by Gasteiger charge is 2.32. The number of amides is 1. The zero-order valence-corrected chi connectivity index (χ0v) is 13.0. The molecule has 0 spiro atoms. The maximum Gasteiger partial charge on any atom is 0.433 e. The summed E-state index contributed by atoms with van der Waals surface area (Å²) in [4.78, 5) is 14.2. The summed E-state index contributed by atoms with van der Waals surface area (Å²) >= 11 is 0. The summed E-state index contributed by atoms with van der Waals surface area (Å²) < 4.78 is 43.7. The van der Waals surface area contributed by atoms with Gasteiger partial charge in [-0.1, -0.05) is 24.3 Å². The van der Waals surface area contributed by atoms with Gasteiger partial charge in [-0.25, -0.2) is 4.79 Å². The molecule has 5 nitrogen and oxygen atoms in total. The van der Waals surface area contributed by atoms with E-state index in [9.17, 15) is 18.0 Å². The van der Waals surface area contributed by atoms with Crippen LogP contribution in [0.1, 0.15) is 23.6 Å². The van der Waals surface area contributed by atoms with Crippen molar-refractivity contribution in [3.8, 4) is 16.9 Å². The Balaban J connectivity index is 1.93. The summed E-state index contributed by atoms with van der Waals surface area (Å²) in [5.74, 6) is 0.509. The maximum atomic E-state index is 12.7. The second kappa shape index (κ2) is 6.62. The lowest BCUT2D eigenvalue weighted by molar-refractivity contribution is -0.141. The summed E-state index contributed by atoms with van der Waals surface area (Å²) in [6.45, 7) is 0.657. The van der Waals surface area contributed by atoms with Crippen molar-refractivity contribution in [2.24, 2.45) is 0 Å². The van der Waals surface area contributed by atoms with E-state index in [-0.39, 0.29) is 12.5 Å². The molecule has 132 valence electrons. The highest BCUT2D eigenvalue weighted by atomic mass is 19.4. The van der Waals surface area contributed by atoms with Gasteiger partial charge >= 0.3 is 12.3 Å².